The number of ether oxygens (including phenoxy) is 1. The van der Waals surface area contributed by atoms with Crippen LogP contribution in [0.2, 0.25) is 0 Å². The Morgan fingerprint density at radius 3 is 2.48 bits per heavy atom. The van der Waals surface area contributed by atoms with Gasteiger partial charge in [0.1, 0.15) is 11.3 Å². The number of carbonyl (C=O) groups excluding carboxylic acids is 1. The first-order valence-corrected chi connectivity index (χ1v) is 9.19. The summed E-state index contributed by atoms with van der Waals surface area (Å²) in [5, 5.41) is 3.59. The van der Waals surface area contributed by atoms with Crippen molar-refractivity contribution in [1.82, 2.24) is 10.3 Å². The Kier molecular flexibility index (Phi) is 4.45. The summed E-state index contributed by atoms with van der Waals surface area (Å²) in [6.07, 6.45) is 1.40. The second-order valence-electron chi connectivity index (χ2n) is 5.58. The molecule has 130 valence electrons. The smallest absolute Gasteiger partial charge is 0.261 e. The summed E-state index contributed by atoms with van der Waals surface area (Å²) in [4.78, 5) is 27.0. The van der Waals surface area contributed by atoms with E-state index in [1.165, 1.54) is 12.1 Å². The van der Waals surface area contributed by atoms with Gasteiger partial charge in [0.15, 0.2) is 9.84 Å². The van der Waals surface area contributed by atoms with E-state index >= 15 is 0 Å². The highest BCUT2D eigenvalue weighted by atomic mass is 32.2. The number of H-pyrrole nitrogens is 1. The molecule has 2 N–H and O–H groups in total. The third kappa shape index (κ3) is 3.80. The predicted molar refractivity (Wildman–Crippen MR) is 93.2 cm³/mol. The fourth-order valence-electron chi connectivity index (χ4n) is 2.50. The molecule has 7 nitrogen and oxygen atoms in total. The van der Waals surface area contributed by atoms with E-state index in [0.29, 0.717) is 11.4 Å². The number of hydrogen-bond acceptors (Lipinski definition) is 5. The minimum absolute atomic E-state index is 0.0741. The maximum absolute atomic E-state index is 12.2. The molecule has 0 bridgehead atoms. The van der Waals surface area contributed by atoms with Crippen LogP contribution in [0.4, 0.5) is 0 Å². The molecule has 1 aromatic heterocycles. The summed E-state index contributed by atoms with van der Waals surface area (Å²) in [5.41, 5.74) is 0.716. The summed E-state index contributed by atoms with van der Waals surface area (Å²) in [6, 6.07) is 9.52. The number of sulfone groups is 1. The summed E-state index contributed by atoms with van der Waals surface area (Å²) < 4.78 is 27.8. The number of pyridine rings is 1. The molecule has 2 heterocycles. The normalized spacial score (nSPS) is 18.0. The number of hydrogen-bond donors (Lipinski definition) is 2. The van der Waals surface area contributed by atoms with Gasteiger partial charge in [0.2, 0.25) is 0 Å². The van der Waals surface area contributed by atoms with Crippen molar-refractivity contribution in [3.63, 3.8) is 0 Å². The summed E-state index contributed by atoms with van der Waals surface area (Å²) >= 11 is 0. The molecule has 0 radical (unpaired) electrons. The first-order chi connectivity index (χ1) is 11.9. The van der Waals surface area contributed by atoms with E-state index in [4.69, 9.17) is 4.74 Å². The Labute approximate surface area is 144 Å². The molecule has 1 unspecified atom stereocenters. The van der Waals surface area contributed by atoms with Gasteiger partial charge < -0.3 is 15.0 Å². The molecule has 25 heavy (non-hydrogen) atoms. The molecule has 1 amide bonds. The molecule has 8 heteroatoms. The Morgan fingerprint density at radius 2 is 1.92 bits per heavy atom. The molecule has 0 saturated heterocycles. The average Bonchev–Trinajstić information content (AvgIpc) is 2.93. The third-order valence-corrected chi connectivity index (χ3v) is 5.20. The van der Waals surface area contributed by atoms with Crippen LogP contribution in [0.15, 0.2) is 52.7 Å². The first-order valence-electron chi connectivity index (χ1n) is 7.47. The molecule has 1 aliphatic rings. The van der Waals surface area contributed by atoms with Gasteiger partial charge in [-0.05, 0) is 48.0 Å². The Hall–Kier alpha value is -2.87. The number of carbonyl (C=O) groups is 1. The molecule has 0 aliphatic carbocycles. The maximum Gasteiger partial charge on any atom is 0.261 e. The number of aromatic nitrogens is 1. The zero-order chi connectivity index (χ0) is 18.0. The van der Waals surface area contributed by atoms with Gasteiger partial charge in [-0.25, -0.2) is 8.42 Å². The molecule has 2 aromatic rings. The van der Waals surface area contributed by atoms with Crippen molar-refractivity contribution in [2.24, 2.45) is 0 Å². The maximum atomic E-state index is 12.2. The fraction of sp³-hybridized carbons (Fsp3) is 0.176. The lowest BCUT2D eigenvalue weighted by atomic mass is 10.1. The van der Waals surface area contributed by atoms with Gasteiger partial charge >= 0.3 is 0 Å². The lowest BCUT2D eigenvalue weighted by molar-refractivity contribution is 0.0946. The van der Waals surface area contributed by atoms with Gasteiger partial charge in [-0.15, -0.1) is 0 Å². The molecular formula is C17H16N2O5S. The van der Waals surface area contributed by atoms with Gasteiger partial charge in [-0.2, -0.15) is 0 Å². The molecule has 1 atom stereocenters. The molecule has 3 rings (SSSR count). The second-order valence-corrected chi connectivity index (χ2v) is 7.51. The Morgan fingerprint density at radius 1 is 1.20 bits per heavy atom. The topological polar surface area (TPSA) is 105 Å². The minimum atomic E-state index is -3.27. The standard InChI is InChI=1S/C17H16N2O5S/c1-24-13-4-2-11(3-5-13)15-7-6-14(17(21)19-15)16(20)18-12-8-9-25(22,23)10-12/h2-9,12H,10H2,1H3,(H,18,20)(H,19,21). The molecule has 1 aromatic carbocycles. The van der Waals surface area contributed by atoms with E-state index in [1.54, 1.807) is 37.4 Å². The van der Waals surface area contributed by atoms with Gasteiger partial charge in [0, 0.05) is 11.1 Å². The van der Waals surface area contributed by atoms with Crippen LogP contribution < -0.4 is 15.6 Å². The van der Waals surface area contributed by atoms with Crippen molar-refractivity contribution in [2.45, 2.75) is 6.04 Å². The van der Waals surface area contributed by atoms with Crippen LogP contribution in [0.5, 0.6) is 5.75 Å². The number of benzene rings is 1. The highest BCUT2D eigenvalue weighted by Gasteiger charge is 2.24. The lowest BCUT2D eigenvalue weighted by Crippen LogP contribution is -2.38. The minimum Gasteiger partial charge on any atom is -0.497 e. The molecular weight excluding hydrogens is 344 g/mol. The number of rotatable bonds is 4. The Balaban J connectivity index is 1.78. The second kappa shape index (κ2) is 6.56. The van der Waals surface area contributed by atoms with Gasteiger partial charge in [0.05, 0.1) is 18.9 Å². The molecule has 0 saturated carbocycles. The van der Waals surface area contributed by atoms with Crippen LogP contribution in [0, 0.1) is 0 Å². The van der Waals surface area contributed by atoms with Gasteiger partial charge in [0.25, 0.3) is 11.5 Å². The largest absolute Gasteiger partial charge is 0.497 e. The highest BCUT2D eigenvalue weighted by Crippen LogP contribution is 2.19. The highest BCUT2D eigenvalue weighted by molar-refractivity contribution is 7.94. The SMILES string of the molecule is COc1ccc(-c2ccc(C(=O)NC3C=CS(=O)(=O)C3)c(=O)[nH]2)cc1. The Bertz CT molecular complexity index is 990. The van der Waals surface area contributed by atoms with Crippen molar-refractivity contribution < 1.29 is 17.9 Å². The zero-order valence-corrected chi connectivity index (χ0v) is 14.2. The summed E-state index contributed by atoms with van der Waals surface area (Å²) in [5.74, 6) is -0.114. The lowest BCUT2D eigenvalue weighted by Gasteiger charge is -2.10. The zero-order valence-electron chi connectivity index (χ0n) is 13.4. The van der Waals surface area contributed by atoms with Crippen molar-refractivity contribution in [3.05, 3.63) is 63.8 Å². The van der Waals surface area contributed by atoms with E-state index in [-0.39, 0.29) is 11.3 Å². The summed E-state index contributed by atoms with van der Waals surface area (Å²) in [6.45, 7) is 0. The van der Waals surface area contributed by atoms with Crippen LogP contribution in [-0.2, 0) is 9.84 Å². The predicted octanol–water partition coefficient (Wildman–Crippen LogP) is 1.09. The van der Waals surface area contributed by atoms with E-state index in [2.05, 4.69) is 10.3 Å². The van der Waals surface area contributed by atoms with E-state index in [0.717, 1.165) is 11.0 Å². The number of nitrogens with one attached hydrogen (secondary N) is 2. The van der Waals surface area contributed by atoms with Gasteiger partial charge in [-0.1, -0.05) is 0 Å². The fourth-order valence-corrected chi connectivity index (χ4v) is 3.74. The van der Waals surface area contributed by atoms with Crippen molar-refractivity contribution in [2.75, 3.05) is 12.9 Å². The van der Waals surface area contributed by atoms with Crippen LogP contribution in [-0.4, -0.2) is 38.2 Å². The van der Waals surface area contributed by atoms with Crippen LogP contribution in [0.1, 0.15) is 10.4 Å². The van der Waals surface area contributed by atoms with Gasteiger partial charge in [-0.3, -0.25) is 9.59 Å². The number of aromatic amines is 1. The third-order valence-electron chi connectivity index (χ3n) is 3.80. The monoisotopic (exact) mass is 360 g/mol. The van der Waals surface area contributed by atoms with Crippen molar-refractivity contribution in [3.8, 4) is 17.0 Å². The van der Waals surface area contributed by atoms with Crippen molar-refractivity contribution >= 4 is 15.7 Å². The van der Waals surface area contributed by atoms with E-state index in [9.17, 15) is 18.0 Å². The number of amides is 1. The molecule has 0 fully saturated rings. The summed E-state index contributed by atoms with van der Waals surface area (Å²) in [7, 11) is -1.71. The molecule has 0 spiro atoms. The van der Waals surface area contributed by atoms with Crippen LogP contribution in [0.3, 0.4) is 0 Å². The average molecular weight is 360 g/mol. The van der Waals surface area contributed by atoms with Crippen LogP contribution >= 0.6 is 0 Å². The van der Waals surface area contributed by atoms with Crippen molar-refractivity contribution in [1.29, 1.82) is 0 Å². The number of methoxy groups -OCH3 is 1. The van der Waals surface area contributed by atoms with E-state index < -0.39 is 27.3 Å². The molecule has 1 aliphatic heterocycles. The quantitative estimate of drug-likeness (QED) is 0.849. The van der Waals surface area contributed by atoms with E-state index in [1.807, 2.05) is 0 Å². The first kappa shape index (κ1) is 17.0. The van der Waals surface area contributed by atoms with Crippen LogP contribution in [0.25, 0.3) is 11.3 Å².